The lowest BCUT2D eigenvalue weighted by molar-refractivity contribution is 0.204. The molecule has 1 aromatic carbocycles. The molecule has 0 aliphatic heterocycles. The molecule has 80 valence electrons. The molecule has 1 N–H and O–H groups in total. The SMILES string of the molecule is O=C(O)N(c1ccccc1)c1cnccn1. The standard InChI is InChI=1S/C11H9N3O2/c15-11(16)14(9-4-2-1-3-5-9)10-8-12-6-7-13-10/h1-8H,(H,15,16). The number of carboxylic acid groups (broad SMARTS) is 1. The lowest BCUT2D eigenvalue weighted by atomic mass is 10.3. The first-order valence-corrected chi connectivity index (χ1v) is 4.63. The van der Waals surface area contributed by atoms with Gasteiger partial charge in [0.1, 0.15) is 0 Å². The van der Waals surface area contributed by atoms with Crippen LogP contribution in [0.1, 0.15) is 0 Å². The molecule has 0 atom stereocenters. The van der Waals surface area contributed by atoms with Crippen molar-refractivity contribution in [3.05, 3.63) is 48.9 Å². The summed E-state index contributed by atoms with van der Waals surface area (Å²) in [7, 11) is 0. The van der Waals surface area contributed by atoms with Gasteiger partial charge in [-0.05, 0) is 12.1 Å². The zero-order valence-corrected chi connectivity index (χ0v) is 8.32. The number of amides is 1. The minimum absolute atomic E-state index is 0.279. The normalized spacial score (nSPS) is 9.75. The molecule has 1 aromatic heterocycles. The Balaban J connectivity index is 2.44. The average molecular weight is 215 g/mol. The van der Waals surface area contributed by atoms with Crippen LogP contribution in [0.2, 0.25) is 0 Å². The Hall–Kier alpha value is -2.43. The molecular formula is C11H9N3O2. The first-order valence-electron chi connectivity index (χ1n) is 4.63. The van der Waals surface area contributed by atoms with Gasteiger partial charge in [-0.15, -0.1) is 0 Å². The van der Waals surface area contributed by atoms with Crippen molar-refractivity contribution in [2.24, 2.45) is 0 Å². The van der Waals surface area contributed by atoms with Crippen molar-refractivity contribution in [2.45, 2.75) is 0 Å². The number of rotatable bonds is 2. The number of carbonyl (C=O) groups is 1. The smallest absolute Gasteiger partial charge is 0.417 e. The van der Waals surface area contributed by atoms with Crippen LogP contribution in [0.25, 0.3) is 0 Å². The van der Waals surface area contributed by atoms with Gasteiger partial charge in [0.25, 0.3) is 0 Å². The van der Waals surface area contributed by atoms with E-state index in [-0.39, 0.29) is 5.82 Å². The van der Waals surface area contributed by atoms with Gasteiger partial charge >= 0.3 is 6.09 Å². The van der Waals surface area contributed by atoms with E-state index in [4.69, 9.17) is 5.11 Å². The molecule has 2 rings (SSSR count). The van der Waals surface area contributed by atoms with Crippen molar-refractivity contribution < 1.29 is 9.90 Å². The van der Waals surface area contributed by atoms with Crippen LogP contribution in [0.3, 0.4) is 0 Å². The van der Waals surface area contributed by atoms with Crippen LogP contribution in [0, 0.1) is 0 Å². The molecular weight excluding hydrogens is 206 g/mol. The number of hydrogen-bond acceptors (Lipinski definition) is 3. The van der Waals surface area contributed by atoms with Gasteiger partial charge in [0, 0.05) is 12.4 Å². The molecule has 0 fully saturated rings. The zero-order valence-electron chi connectivity index (χ0n) is 8.32. The van der Waals surface area contributed by atoms with Gasteiger partial charge < -0.3 is 5.11 Å². The maximum Gasteiger partial charge on any atom is 0.417 e. The number of para-hydroxylation sites is 1. The second-order valence-corrected chi connectivity index (χ2v) is 3.02. The fraction of sp³-hybridized carbons (Fsp3) is 0. The number of hydrogen-bond donors (Lipinski definition) is 1. The first kappa shape index (κ1) is 10.1. The van der Waals surface area contributed by atoms with Crippen molar-refractivity contribution >= 4 is 17.6 Å². The molecule has 0 unspecified atom stereocenters. The number of nitrogens with zero attached hydrogens (tertiary/aromatic N) is 3. The van der Waals surface area contributed by atoms with Gasteiger partial charge in [-0.1, -0.05) is 18.2 Å². The summed E-state index contributed by atoms with van der Waals surface area (Å²) in [6.07, 6.45) is 3.26. The molecule has 5 heteroatoms. The second-order valence-electron chi connectivity index (χ2n) is 3.02. The van der Waals surface area contributed by atoms with Crippen LogP contribution in [-0.2, 0) is 0 Å². The van der Waals surface area contributed by atoms with E-state index < -0.39 is 6.09 Å². The predicted molar refractivity (Wildman–Crippen MR) is 58.6 cm³/mol. The molecule has 0 aliphatic carbocycles. The summed E-state index contributed by atoms with van der Waals surface area (Å²) < 4.78 is 0. The van der Waals surface area contributed by atoms with Crippen LogP contribution >= 0.6 is 0 Å². The minimum Gasteiger partial charge on any atom is -0.464 e. The van der Waals surface area contributed by atoms with Crippen molar-refractivity contribution in [1.82, 2.24) is 9.97 Å². The summed E-state index contributed by atoms with van der Waals surface area (Å²) >= 11 is 0. The molecule has 0 radical (unpaired) electrons. The Kier molecular flexibility index (Phi) is 2.77. The van der Waals surface area contributed by atoms with E-state index in [9.17, 15) is 4.79 Å². The molecule has 0 bridgehead atoms. The van der Waals surface area contributed by atoms with Crippen LogP contribution in [0.4, 0.5) is 16.3 Å². The van der Waals surface area contributed by atoms with Gasteiger partial charge in [-0.3, -0.25) is 4.98 Å². The maximum absolute atomic E-state index is 11.2. The molecule has 0 spiro atoms. The molecule has 1 amide bonds. The summed E-state index contributed by atoms with van der Waals surface area (Å²) in [5.74, 6) is 0.279. The summed E-state index contributed by atoms with van der Waals surface area (Å²) in [6, 6.07) is 8.75. The highest BCUT2D eigenvalue weighted by atomic mass is 16.4. The van der Waals surface area contributed by atoms with E-state index in [0.717, 1.165) is 4.90 Å². The largest absolute Gasteiger partial charge is 0.464 e. The first-order chi connectivity index (χ1) is 7.79. The Morgan fingerprint density at radius 3 is 2.50 bits per heavy atom. The Labute approximate surface area is 92.0 Å². The van der Waals surface area contributed by atoms with Gasteiger partial charge in [0.05, 0.1) is 11.9 Å². The zero-order chi connectivity index (χ0) is 11.4. The average Bonchev–Trinajstić information content (AvgIpc) is 2.31. The van der Waals surface area contributed by atoms with Crippen molar-refractivity contribution in [2.75, 3.05) is 4.90 Å². The molecule has 5 nitrogen and oxygen atoms in total. The minimum atomic E-state index is -1.09. The Bertz CT molecular complexity index is 434. The summed E-state index contributed by atoms with van der Waals surface area (Å²) in [5, 5.41) is 9.14. The van der Waals surface area contributed by atoms with Gasteiger partial charge in [0.2, 0.25) is 0 Å². The third-order valence-electron chi connectivity index (χ3n) is 1.98. The highest BCUT2D eigenvalue weighted by Gasteiger charge is 2.17. The maximum atomic E-state index is 11.2. The number of anilines is 2. The molecule has 0 aliphatic rings. The van der Waals surface area contributed by atoms with Crippen LogP contribution < -0.4 is 4.90 Å². The third-order valence-corrected chi connectivity index (χ3v) is 1.98. The third kappa shape index (κ3) is 1.98. The molecule has 16 heavy (non-hydrogen) atoms. The van der Waals surface area contributed by atoms with E-state index >= 15 is 0 Å². The predicted octanol–water partition coefficient (Wildman–Crippen LogP) is 2.29. The highest BCUT2D eigenvalue weighted by molar-refractivity contribution is 5.93. The van der Waals surface area contributed by atoms with E-state index in [1.165, 1.54) is 18.6 Å². The topological polar surface area (TPSA) is 66.3 Å². The second kappa shape index (κ2) is 4.39. The van der Waals surface area contributed by atoms with Crippen LogP contribution in [0.15, 0.2) is 48.9 Å². The van der Waals surface area contributed by atoms with E-state index in [1.807, 2.05) is 6.07 Å². The number of aromatic nitrogens is 2. The van der Waals surface area contributed by atoms with E-state index in [0.29, 0.717) is 5.69 Å². The van der Waals surface area contributed by atoms with Crippen molar-refractivity contribution in [3.8, 4) is 0 Å². The summed E-state index contributed by atoms with van der Waals surface area (Å²) in [4.78, 5) is 20.0. The van der Waals surface area contributed by atoms with Crippen molar-refractivity contribution in [3.63, 3.8) is 0 Å². The fourth-order valence-corrected chi connectivity index (χ4v) is 1.32. The van der Waals surface area contributed by atoms with E-state index in [1.54, 1.807) is 24.3 Å². The van der Waals surface area contributed by atoms with Crippen LogP contribution in [0.5, 0.6) is 0 Å². The lowest BCUT2D eigenvalue weighted by Crippen LogP contribution is -2.24. The number of benzene rings is 1. The molecule has 0 saturated carbocycles. The molecule has 2 aromatic rings. The van der Waals surface area contributed by atoms with Gasteiger partial charge in [0.15, 0.2) is 5.82 Å². The summed E-state index contributed by atoms with van der Waals surface area (Å²) in [5.41, 5.74) is 0.538. The Morgan fingerprint density at radius 2 is 1.94 bits per heavy atom. The summed E-state index contributed by atoms with van der Waals surface area (Å²) in [6.45, 7) is 0. The van der Waals surface area contributed by atoms with Crippen LogP contribution in [-0.4, -0.2) is 21.2 Å². The lowest BCUT2D eigenvalue weighted by Gasteiger charge is -2.17. The highest BCUT2D eigenvalue weighted by Crippen LogP contribution is 2.21. The Morgan fingerprint density at radius 1 is 1.19 bits per heavy atom. The monoisotopic (exact) mass is 215 g/mol. The van der Waals surface area contributed by atoms with E-state index in [2.05, 4.69) is 9.97 Å². The van der Waals surface area contributed by atoms with Gasteiger partial charge in [-0.25, -0.2) is 14.7 Å². The molecule has 1 heterocycles. The van der Waals surface area contributed by atoms with Gasteiger partial charge in [-0.2, -0.15) is 0 Å². The molecule has 0 saturated heterocycles. The van der Waals surface area contributed by atoms with Crippen molar-refractivity contribution in [1.29, 1.82) is 0 Å². The fourth-order valence-electron chi connectivity index (χ4n) is 1.32. The quantitative estimate of drug-likeness (QED) is 0.834.